The molecule has 0 unspecified atom stereocenters. The Labute approximate surface area is 158 Å². The number of urea groups is 1. The van der Waals surface area contributed by atoms with Gasteiger partial charge in [-0.25, -0.2) is 9.69 Å². The van der Waals surface area contributed by atoms with Crippen molar-refractivity contribution in [3.63, 3.8) is 0 Å². The molecule has 0 spiro atoms. The molecule has 1 aromatic rings. The molecule has 1 heterocycles. The lowest BCUT2D eigenvalue weighted by Crippen LogP contribution is -2.38. The average molecular weight is 400 g/mol. The summed E-state index contributed by atoms with van der Waals surface area (Å²) in [6.07, 6.45) is -4.61. The summed E-state index contributed by atoms with van der Waals surface area (Å²) in [6.45, 7) is 3.77. The predicted molar refractivity (Wildman–Crippen MR) is 93.5 cm³/mol. The summed E-state index contributed by atoms with van der Waals surface area (Å²) in [5.74, 6) is -3.16. The van der Waals surface area contributed by atoms with Crippen LogP contribution in [0.3, 0.4) is 0 Å². The molecule has 2 rings (SSSR count). The third-order valence-electron chi connectivity index (χ3n) is 4.25. The predicted octanol–water partition coefficient (Wildman–Crippen LogP) is 1.91. The van der Waals surface area contributed by atoms with Gasteiger partial charge in [0.2, 0.25) is 5.91 Å². The number of amides is 5. The molecular formula is C17H19F3N4O4. The quantitative estimate of drug-likeness (QED) is 0.582. The molecule has 0 atom stereocenters. The standard InChI is InChI=1S/C17H19F3N4O4/c1-4-23(5-2)12-7-6-10(17(18,19)20)8-11(12)21-13(25)9-24-15(27)14(26)22(3)16(24)28/h6-8H,4-5,9H2,1-3H3,(H,21,25). The molecule has 1 aliphatic heterocycles. The highest BCUT2D eigenvalue weighted by atomic mass is 19.4. The number of likely N-dealkylation sites (N-methyl/N-ethyl adjacent to an activating group) is 1. The summed E-state index contributed by atoms with van der Waals surface area (Å²) in [5, 5.41) is 2.31. The van der Waals surface area contributed by atoms with Gasteiger partial charge in [-0.2, -0.15) is 13.2 Å². The van der Waals surface area contributed by atoms with E-state index in [1.807, 2.05) is 0 Å². The summed E-state index contributed by atoms with van der Waals surface area (Å²) in [7, 11) is 1.09. The monoisotopic (exact) mass is 400 g/mol. The van der Waals surface area contributed by atoms with Gasteiger partial charge in [0.25, 0.3) is 0 Å². The number of halogens is 3. The van der Waals surface area contributed by atoms with Gasteiger partial charge in [0, 0.05) is 20.1 Å². The van der Waals surface area contributed by atoms with E-state index >= 15 is 0 Å². The Bertz CT molecular complexity index is 821. The Hall–Kier alpha value is -3.11. The zero-order valence-corrected chi connectivity index (χ0v) is 15.5. The van der Waals surface area contributed by atoms with Crippen LogP contribution < -0.4 is 10.2 Å². The minimum atomic E-state index is -4.61. The first-order chi connectivity index (χ1) is 13.0. The number of hydrogen-bond acceptors (Lipinski definition) is 5. The summed E-state index contributed by atoms with van der Waals surface area (Å²) in [5.41, 5.74) is -0.706. The highest BCUT2D eigenvalue weighted by molar-refractivity contribution is 6.44. The van der Waals surface area contributed by atoms with Crippen LogP contribution in [-0.2, 0) is 20.6 Å². The zero-order chi connectivity index (χ0) is 21.2. The van der Waals surface area contributed by atoms with Gasteiger partial charge in [-0.15, -0.1) is 0 Å². The minimum Gasteiger partial charge on any atom is -0.370 e. The smallest absolute Gasteiger partial charge is 0.370 e. The van der Waals surface area contributed by atoms with Crippen molar-refractivity contribution in [2.75, 3.05) is 36.9 Å². The molecule has 0 aliphatic carbocycles. The number of carbonyl (C=O) groups is 4. The molecule has 0 aromatic heterocycles. The Morgan fingerprint density at radius 1 is 1.11 bits per heavy atom. The molecule has 8 nitrogen and oxygen atoms in total. The van der Waals surface area contributed by atoms with Crippen LogP contribution in [0.25, 0.3) is 0 Å². The lowest BCUT2D eigenvalue weighted by molar-refractivity contribution is -0.143. The molecule has 1 fully saturated rings. The van der Waals surface area contributed by atoms with Gasteiger partial charge in [-0.3, -0.25) is 19.3 Å². The largest absolute Gasteiger partial charge is 0.416 e. The molecule has 152 valence electrons. The van der Waals surface area contributed by atoms with Crippen molar-refractivity contribution < 1.29 is 32.3 Å². The number of rotatable bonds is 6. The van der Waals surface area contributed by atoms with E-state index in [9.17, 15) is 32.3 Å². The number of nitrogens with zero attached hydrogens (tertiary/aromatic N) is 3. The van der Waals surface area contributed by atoms with E-state index < -0.39 is 42.0 Å². The molecule has 1 N–H and O–H groups in total. The lowest BCUT2D eigenvalue weighted by Gasteiger charge is -2.25. The third kappa shape index (κ3) is 4.07. The second kappa shape index (κ2) is 7.87. The van der Waals surface area contributed by atoms with E-state index in [1.54, 1.807) is 18.7 Å². The maximum atomic E-state index is 13.1. The molecule has 5 amide bonds. The first kappa shape index (κ1) is 21.2. The van der Waals surface area contributed by atoms with Crippen LogP contribution >= 0.6 is 0 Å². The van der Waals surface area contributed by atoms with Crippen molar-refractivity contribution in [3.05, 3.63) is 23.8 Å². The van der Waals surface area contributed by atoms with Gasteiger partial charge < -0.3 is 10.2 Å². The van der Waals surface area contributed by atoms with Crippen molar-refractivity contribution in [2.45, 2.75) is 20.0 Å². The van der Waals surface area contributed by atoms with Crippen molar-refractivity contribution in [2.24, 2.45) is 0 Å². The van der Waals surface area contributed by atoms with E-state index in [-0.39, 0.29) is 5.69 Å². The fraction of sp³-hybridized carbons (Fsp3) is 0.412. The van der Waals surface area contributed by atoms with E-state index in [1.165, 1.54) is 6.07 Å². The molecule has 28 heavy (non-hydrogen) atoms. The molecule has 0 bridgehead atoms. The Balaban J connectivity index is 2.30. The fourth-order valence-electron chi connectivity index (χ4n) is 2.74. The maximum absolute atomic E-state index is 13.1. The van der Waals surface area contributed by atoms with Crippen LogP contribution in [0.15, 0.2) is 18.2 Å². The van der Waals surface area contributed by atoms with Crippen LogP contribution in [0, 0.1) is 0 Å². The number of imide groups is 2. The lowest BCUT2D eigenvalue weighted by atomic mass is 10.1. The summed E-state index contributed by atoms with van der Waals surface area (Å²) >= 11 is 0. The second-order valence-electron chi connectivity index (χ2n) is 5.99. The van der Waals surface area contributed by atoms with E-state index in [4.69, 9.17) is 0 Å². The minimum absolute atomic E-state index is 0.109. The van der Waals surface area contributed by atoms with Crippen molar-refractivity contribution in [3.8, 4) is 0 Å². The van der Waals surface area contributed by atoms with Crippen LogP contribution in [0.4, 0.5) is 29.3 Å². The second-order valence-corrected chi connectivity index (χ2v) is 5.99. The van der Waals surface area contributed by atoms with Gasteiger partial charge in [0.1, 0.15) is 6.54 Å². The summed E-state index contributed by atoms with van der Waals surface area (Å²) < 4.78 is 39.2. The number of nitrogens with one attached hydrogen (secondary N) is 1. The Morgan fingerprint density at radius 2 is 1.71 bits per heavy atom. The van der Waals surface area contributed by atoms with Gasteiger partial charge in [0.05, 0.1) is 16.9 Å². The maximum Gasteiger partial charge on any atom is 0.416 e. The van der Waals surface area contributed by atoms with Crippen molar-refractivity contribution in [1.82, 2.24) is 9.80 Å². The normalized spacial score (nSPS) is 14.7. The van der Waals surface area contributed by atoms with Crippen LogP contribution in [0.1, 0.15) is 19.4 Å². The topological polar surface area (TPSA) is 90.0 Å². The molecule has 11 heteroatoms. The van der Waals surface area contributed by atoms with Gasteiger partial charge in [-0.1, -0.05) is 0 Å². The van der Waals surface area contributed by atoms with E-state index in [2.05, 4.69) is 5.32 Å². The van der Waals surface area contributed by atoms with Crippen molar-refractivity contribution >= 4 is 35.1 Å². The SMILES string of the molecule is CCN(CC)c1ccc(C(F)(F)F)cc1NC(=O)CN1C(=O)C(=O)N(C)C1=O. The summed E-state index contributed by atoms with van der Waals surface area (Å²) in [6, 6.07) is 1.97. The molecule has 1 aromatic carbocycles. The van der Waals surface area contributed by atoms with Crippen LogP contribution in [0.2, 0.25) is 0 Å². The molecule has 1 saturated heterocycles. The first-order valence-electron chi connectivity index (χ1n) is 8.40. The van der Waals surface area contributed by atoms with Crippen molar-refractivity contribution in [1.29, 1.82) is 0 Å². The molecular weight excluding hydrogens is 381 g/mol. The fourth-order valence-corrected chi connectivity index (χ4v) is 2.74. The third-order valence-corrected chi connectivity index (χ3v) is 4.25. The highest BCUT2D eigenvalue weighted by Crippen LogP contribution is 2.35. The van der Waals surface area contributed by atoms with E-state index in [0.717, 1.165) is 19.2 Å². The average Bonchev–Trinajstić information content (AvgIpc) is 2.81. The number of alkyl halides is 3. The van der Waals surface area contributed by atoms with Gasteiger partial charge >= 0.3 is 24.0 Å². The zero-order valence-electron chi connectivity index (χ0n) is 15.5. The molecule has 0 saturated carbocycles. The van der Waals surface area contributed by atoms with Gasteiger partial charge in [-0.05, 0) is 32.0 Å². The number of anilines is 2. The number of benzene rings is 1. The van der Waals surface area contributed by atoms with E-state index in [0.29, 0.717) is 28.6 Å². The summed E-state index contributed by atoms with van der Waals surface area (Å²) in [4.78, 5) is 50.1. The van der Waals surface area contributed by atoms with Gasteiger partial charge in [0.15, 0.2) is 0 Å². The number of hydrogen-bond donors (Lipinski definition) is 1. The highest BCUT2D eigenvalue weighted by Gasteiger charge is 2.43. The van der Waals surface area contributed by atoms with Crippen LogP contribution in [-0.4, -0.2) is 60.2 Å². The Morgan fingerprint density at radius 3 is 2.18 bits per heavy atom. The van der Waals surface area contributed by atoms with Crippen LogP contribution in [0.5, 0.6) is 0 Å². The Kier molecular flexibility index (Phi) is 5.95. The number of carbonyl (C=O) groups excluding carboxylic acids is 4. The first-order valence-corrected chi connectivity index (χ1v) is 8.40. The molecule has 0 radical (unpaired) electrons. The molecule has 1 aliphatic rings.